The largest absolute Gasteiger partial charge is 0.504 e. The van der Waals surface area contributed by atoms with Gasteiger partial charge in [-0.15, -0.1) is 0 Å². The van der Waals surface area contributed by atoms with Crippen molar-refractivity contribution in [1.82, 2.24) is 5.32 Å². The molecule has 1 atom stereocenters. The van der Waals surface area contributed by atoms with Crippen LogP contribution in [-0.2, 0) is 6.54 Å². The first-order chi connectivity index (χ1) is 10.1. The number of hydrogen-bond donors (Lipinski definition) is 2. The summed E-state index contributed by atoms with van der Waals surface area (Å²) in [6, 6.07) is 11.9. The van der Waals surface area contributed by atoms with Crippen LogP contribution in [0.5, 0.6) is 11.5 Å². The van der Waals surface area contributed by atoms with Gasteiger partial charge in [0.25, 0.3) is 0 Å². The van der Waals surface area contributed by atoms with Crippen molar-refractivity contribution in [2.24, 2.45) is 0 Å². The van der Waals surface area contributed by atoms with E-state index in [9.17, 15) is 9.50 Å². The molecule has 112 valence electrons. The van der Waals surface area contributed by atoms with Crippen LogP contribution in [0.3, 0.4) is 0 Å². The Kier molecular flexibility index (Phi) is 5.17. The minimum Gasteiger partial charge on any atom is -0.504 e. The highest BCUT2D eigenvalue weighted by molar-refractivity contribution is 5.45. The van der Waals surface area contributed by atoms with Crippen LogP contribution in [0.25, 0.3) is 0 Å². The Hall–Kier alpha value is -2.07. The van der Waals surface area contributed by atoms with Crippen molar-refractivity contribution in [3.05, 3.63) is 59.4 Å². The number of aromatic hydroxyl groups is 1. The molecule has 2 rings (SSSR count). The fraction of sp³-hybridized carbons (Fsp3) is 0.294. The number of nitrogens with one attached hydrogen (secondary N) is 1. The van der Waals surface area contributed by atoms with Crippen LogP contribution in [0.1, 0.15) is 31.0 Å². The second-order valence-corrected chi connectivity index (χ2v) is 4.85. The molecule has 2 N–H and O–H groups in total. The van der Waals surface area contributed by atoms with Gasteiger partial charge in [0, 0.05) is 18.2 Å². The fourth-order valence-corrected chi connectivity index (χ4v) is 2.11. The number of rotatable bonds is 6. The number of benzene rings is 2. The lowest BCUT2D eigenvalue weighted by atomic mass is 10.1. The van der Waals surface area contributed by atoms with Gasteiger partial charge in [0.1, 0.15) is 5.82 Å². The second kappa shape index (κ2) is 7.09. The zero-order valence-electron chi connectivity index (χ0n) is 12.3. The van der Waals surface area contributed by atoms with Crippen LogP contribution in [0.4, 0.5) is 4.39 Å². The van der Waals surface area contributed by atoms with Crippen molar-refractivity contribution < 1.29 is 14.2 Å². The molecule has 0 aliphatic rings. The topological polar surface area (TPSA) is 41.5 Å². The molecule has 0 unspecified atom stereocenters. The molecule has 0 spiro atoms. The molecule has 0 aliphatic carbocycles. The first-order valence-corrected chi connectivity index (χ1v) is 7.04. The third kappa shape index (κ3) is 3.95. The summed E-state index contributed by atoms with van der Waals surface area (Å²) in [5.74, 6) is 0.414. The summed E-state index contributed by atoms with van der Waals surface area (Å²) in [4.78, 5) is 0. The number of phenols is 1. The van der Waals surface area contributed by atoms with E-state index in [1.165, 1.54) is 12.1 Å². The number of halogens is 1. The van der Waals surface area contributed by atoms with E-state index in [-0.39, 0.29) is 17.6 Å². The Morgan fingerprint density at radius 2 is 1.90 bits per heavy atom. The molecule has 0 aromatic heterocycles. The summed E-state index contributed by atoms with van der Waals surface area (Å²) in [5.41, 5.74) is 1.77. The van der Waals surface area contributed by atoms with Crippen molar-refractivity contribution in [2.45, 2.75) is 26.4 Å². The van der Waals surface area contributed by atoms with Crippen LogP contribution < -0.4 is 10.1 Å². The molecule has 0 saturated heterocycles. The van der Waals surface area contributed by atoms with E-state index in [1.54, 1.807) is 18.2 Å². The summed E-state index contributed by atoms with van der Waals surface area (Å²) < 4.78 is 18.3. The zero-order chi connectivity index (χ0) is 15.2. The monoisotopic (exact) mass is 289 g/mol. The molecule has 0 heterocycles. The van der Waals surface area contributed by atoms with E-state index in [1.807, 2.05) is 26.0 Å². The molecular weight excluding hydrogens is 269 g/mol. The zero-order valence-corrected chi connectivity index (χ0v) is 12.3. The highest BCUT2D eigenvalue weighted by Crippen LogP contribution is 2.30. The normalized spacial score (nSPS) is 12.1. The summed E-state index contributed by atoms with van der Waals surface area (Å²) in [6.07, 6.45) is 0. The van der Waals surface area contributed by atoms with Crippen LogP contribution in [0.15, 0.2) is 42.5 Å². The Balaban J connectivity index is 2.02. The van der Waals surface area contributed by atoms with E-state index >= 15 is 0 Å². The SMILES string of the molecule is CCOc1cccc(CN[C@H](C)c2ccc(F)cc2)c1O. The van der Waals surface area contributed by atoms with Gasteiger partial charge >= 0.3 is 0 Å². The molecule has 0 fully saturated rings. The highest BCUT2D eigenvalue weighted by atomic mass is 19.1. The van der Waals surface area contributed by atoms with E-state index in [2.05, 4.69) is 5.32 Å². The molecule has 21 heavy (non-hydrogen) atoms. The van der Waals surface area contributed by atoms with E-state index in [0.717, 1.165) is 11.1 Å². The first kappa shape index (κ1) is 15.3. The molecule has 0 saturated carbocycles. The minimum atomic E-state index is -0.243. The third-order valence-corrected chi connectivity index (χ3v) is 3.35. The lowest BCUT2D eigenvalue weighted by Gasteiger charge is -2.16. The fourth-order valence-electron chi connectivity index (χ4n) is 2.11. The summed E-state index contributed by atoms with van der Waals surface area (Å²) in [5, 5.41) is 13.4. The third-order valence-electron chi connectivity index (χ3n) is 3.35. The van der Waals surface area contributed by atoms with Gasteiger partial charge in [0.05, 0.1) is 6.61 Å². The summed E-state index contributed by atoms with van der Waals surface area (Å²) in [7, 11) is 0. The smallest absolute Gasteiger partial charge is 0.162 e. The van der Waals surface area contributed by atoms with Gasteiger partial charge in [-0.25, -0.2) is 4.39 Å². The minimum absolute atomic E-state index is 0.0562. The van der Waals surface area contributed by atoms with Crippen molar-refractivity contribution in [3.63, 3.8) is 0 Å². The standard InChI is InChI=1S/C17H20FNO2/c1-3-21-16-6-4-5-14(17(16)20)11-19-12(2)13-7-9-15(18)10-8-13/h4-10,12,19-20H,3,11H2,1-2H3/t12-/m1/s1. The number of phenolic OH excluding ortho intramolecular Hbond substituents is 1. The lowest BCUT2D eigenvalue weighted by Crippen LogP contribution is -2.18. The van der Waals surface area contributed by atoms with Crippen molar-refractivity contribution in [2.75, 3.05) is 6.61 Å². The van der Waals surface area contributed by atoms with Crippen LogP contribution >= 0.6 is 0 Å². The molecular formula is C17H20FNO2. The van der Waals surface area contributed by atoms with Gasteiger partial charge in [-0.2, -0.15) is 0 Å². The van der Waals surface area contributed by atoms with E-state index < -0.39 is 0 Å². The van der Waals surface area contributed by atoms with Crippen LogP contribution in [-0.4, -0.2) is 11.7 Å². The highest BCUT2D eigenvalue weighted by Gasteiger charge is 2.10. The Bertz CT molecular complexity index is 584. The Morgan fingerprint density at radius 1 is 1.19 bits per heavy atom. The van der Waals surface area contributed by atoms with Gasteiger partial charge < -0.3 is 15.2 Å². The van der Waals surface area contributed by atoms with Gasteiger partial charge in [-0.3, -0.25) is 0 Å². The lowest BCUT2D eigenvalue weighted by molar-refractivity contribution is 0.316. The molecule has 3 nitrogen and oxygen atoms in total. The maximum atomic E-state index is 12.9. The van der Waals surface area contributed by atoms with Crippen LogP contribution in [0.2, 0.25) is 0 Å². The molecule has 0 aliphatic heterocycles. The molecule has 2 aromatic carbocycles. The van der Waals surface area contributed by atoms with Gasteiger partial charge in [0.2, 0.25) is 0 Å². The van der Waals surface area contributed by atoms with Crippen molar-refractivity contribution >= 4 is 0 Å². The number of hydrogen-bond acceptors (Lipinski definition) is 3. The van der Waals surface area contributed by atoms with Crippen molar-refractivity contribution in [1.29, 1.82) is 0 Å². The van der Waals surface area contributed by atoms with Gasteiger partial charge in [-0.05, 0) is 37.6 Å². The van der Waals surface area contributed by atoms with E-state index in [0.29, 0.717) is 18.9 Å². The molecule has 0 bridgehead atoms. The maximum absolute atomic E-state index is 12.9. The quantitative estimate of drug-likeness (QED) is 0.850. The van der Waals surface area contributed by atoms with Crippen LogP contribution in [0, 0.1) is 5.82 Å². The second-order valence-electron chi connectivity index (χ2n) is 4.85. The molecule has 2 aromatic rings. The average Bonchev–Trinajstić information content (AvgIpc) is 2.49. The van der Waals surface area contributed by atoms with E-state index in [4.69, 9.17) is 4.74 Å². The molecule has 0 amide bonds. The number of para-hydroxylation sites is 1. The number of ether oxygens (including phenoxy) is 1. The summed E-state index contributed by atoms with van der Waals surface area (Å²) >= 11 is 0. The van der Waals surface area contributed by atoms with Gasteiger partial charge in [0.15, 0.2) is 11.5 Å². The predicted octanol–water partition coefficient (Wildman–Crippen LogP) is 3.78. The van der Waals surface area contributed by atoms with Gasteiger partial charge in [-0.1, -0.05) is 24.3 Å². The molecule has 4 heteroatoms. The van der Waals surface area contributed by atoms with Crippen molar-refractivity contribution in [3.8, 4) is 11.5 Å². The Morgan fingerprint density at radius 3 is 2.57 bits per heavy atom. The maximum Gasteiger partial charge on any atom is 0.162 e. The summed E-state index contributed by atoms with van der Waals surface area (Å²) in [6.45, 7) is 4.89. The first-order valence-electron chi connectivity index (χ1n) is 7.04. The Labute approximate surface area is 124 Å². The average molecular weight is 289 g/mol. The molecule has 0 radical (unpaired) electrons. The predicted molar refractivity (Wildman–Crippen MR) is 80.9 cm³/mol.